The zero-order valence-corrected chi connectivity index (χ0v) is 15.5. The van der Waals surface area contributed by atoms with Gasteiger partial charge in [0.05, 0.1) is 19.0 Å². The second kappa shape index (κ2) is 6.06. The summed E-state index contributed by atoms with van der Waals surface area (Å²) in [7, 11) is 2.15. The molecule has 2 aromatic rings. The van der Waals surface area contributed by atoms with Gasteiger partial charge in [-0.05, 0) is 31.7 Å². The van der Waals surface area contributed by atoms with E-state index < -0.39 is 0 Å². The predicted octanol–water partition coefficient (Wildman–Crippen LogP) is 2.22. The Morgan fingerprint density at radius 2 is 2.00 bits per heavy atom. The van der Waals surface area contributed by atoms with Crippen LogP contribution in [0.5, 0.6) is 0 Å². The molecule has 1 amide bonds. The molecule has 0 saturated carbocycles. The lowest BCUT2D eigenvalue weighted by Crippen LogP contribution is -2.52. The number of rotatable bonds is 2. The Morgan fingerprint density at radius 3 is 2.75 bits per heavy atom. The first-order valence-electron chi connectivity index (χ1n) is 8.19. The van der Waals surface area contributed by atoms with Gasteiger partial charge in [-0.2, -0.15) is 0 Å². The quantitative estimate of drug-likeness (QED) is 0.848. The summed E-state index contributed by atoms with van der Waals surface area (Å²) in [6.07, 6.45) is 0. The third kappa shape index (κ3) is 2.70. The number of furan rings is 1. The fourth-order valence-electron chi connectivity index (χ4n) is 3.46. The van der Waals surface area contributed by atoms with Gasteiger partial charge in [-0.15, -0.1) is 0 Å². The van der Waals surface area contributed by atoms with Crippen LogP contribution in [0.1, 0.15) is 16.1 Å². The number of carbonyl (C=O) groups is 1. The molecule has 4 rings (SSSR count). The predicted molar refractivity (Wildman–Crippen MR) is 97.4 cm³/mol. The van der Waals surface area contributed by atoms with Gasteiger partial charge in [0.1, 0.15) is 5.58 Å². The summed E-state index contributed by atoms with van der Waals surface area (Å²) < 4.78 is 6.93. The Balaban J connectivity index is 1.72. The van der Waals surface area contributed by atoms with E-state index in [0.29, 0.717) is 12.4 Å². The van der Waals surface area contributed by atoms with E-state index >= 15 is 0 Å². The molecule has 6 nitrogen and oxygen atoms in total. The zero-order chi connectivity index (χ0) is 16.8. The summed E-state index contributed by atoms with van der Waals surface area (Å²) >= 11 is 3.56. The molecule has 0 radical (unpaired) electrons. The van der Waals surface area contributed by atoms with E-state index in [2.05, 4.69) is 43.0 Å². The minimum absolute atomic E-state index is 0.133. The number of likely N-dealkylation sites (N-methyl/N-ethyl adjacent to an activating group) is 1. The van der Waals surface area contributed by atoms with Crippen LogP contribution in [0.15, 0.2) is 21.0 Å². The second-order valence-electron chi connectivity index (χ2n) is 6.65. The van der Waals surface area contributed by atoms with Gasteiger partial charge in [0.25, 0.3) is 5.91 Å². The van der Waals surface area contributed by atoms with Crippen molar-refractivity contribution in [3.63, 3.8) is 0 Å². The van der Waals surface area contributed by atoms with Crippen LogP contribution >= 0.6 is 15.9 Å². The molecule has 1 fully saturated rings. The summed E-state index contributed by atoms with van der Waals surface area (Å²) in [6, 6.07) is 4.06. The number of anilines is 1. The summed E-state index contributed by atoms with van der Waals surface area (Å²) in [4.78, 5) is 19.2. The Bertz CT molecular complexity index is 795. The van der Waals surface area contributed by atoms with Crippen molar-refractivity contribution in [2.24, 2.45) is 0 Å². The maximum Gasteiger partial charge on any atom is 0.290 e. The lowest BCUT2D eigenvalue weighted by atomic mass is 10.1. The average Bonchev–Trinajstić information content (AvgIpc) is 2.93. The van der Waals surface area contributed by atoms with Crippen LogP contribution in [-0.2, 0) is 0 Å². The topological polar surface area (TPSA) is 52.0 Å². The maximum absolute atomic E-state index is 12.3. The first kappa shape index (κ1) is 15.9. The van der Waals surface area contributed by atoms with E-state index in [0.717, 1.165) is 59.5 Å². The van der Waals surface area contributed by atoms with Crippen molar-refractivity contribution in [2.75, 3.05) is 51.5 Å². The number of carbonyl (C=O) groups excluding carboxylic acids is 1. The third-order valence-corrected chi connectivity index (χ3v) is 5.29. The molecule has 1 saturated heterocycles. The van der Waals surface area contributed by atoms with Gasteiger partial charge in [0.2, 0.25) is 5.76 Å². The Hall–Kier alpha value is -1.57. The van der Waals surface area contributed by atoms with Gasteiger partial charge in [-0.1, -0.05) is 15.9 Å². The van der Waals surface area contributed by atoms with Crippen molar-refractivity contribution in [1.29, 1.82) is 0 Å². The number of nitrogens with one attached hydrogen (secondary N) is 1. The number of hydrogen-bond acceptors (Lipinski definition) is 5. The van der Waals surface area contributed by atoms with Gasteiger partial charge in [-0.3, -0.25) is 9.69 Å². The number of fused-ring (bicyclic) bond motifs is 3. The molecule has 2 aliphatic rings. The minimum Gasteiger partial charge on any atom is -0.448 e. The molecule has 1 N–H and O–H groups in total. The van der Waals surface area contributed by atoms with Crippen molar-refractivity contribution >= 4 is 38.5 Å². The van der Waals surface area contributed by atoms with Gasteiger partial charge >= 0.3 is 0 Å². The van der Waals surface area contributed by atoms with E-state index in [1.165, 1.54) is 0 Å². The normalized spacial score (nSPS) is 19.6. The van der Waals surface area contributed by atoms with Crippen LogP contribution in [0.25, 0.3) is 11.0 Å². The van der Waals surface area contributed by atoms with Crippen LogP contribution in [0, 0.1) is 6.92 Å². The van der Waals surface area contributed by atoms with E-state index in [1.54, 1.807) is 0 Å². The molecule has 1 aromatic carbocycles. The lowest BCUT2D eigenvalue weighted by molar-refractivity contribution is 0.0914. The van der Waals surface area contributed by atoms with E-state index in [4.69, 9.17) is 4.42 Å². The number of aryl methyl sites for hydroxylation is 1. The highest BCUT2D eigenvalue weighted by Crippen LogP contribution is 2.38. The van der Waals surface area contributed by atoms with Gasteiger partial charge in [0.15, 0.2) is 0 Å². The Morgan fingerprint density at radius 1 is 1.25 bits per heavy atom. The van der Waals surface area contributed by atoms with Crippen LogP contribution in [0.4, 0.5) is 5.69 Å². The molecule has 128 valence electrons. The van der Waals surface area contributed by atoms with Crippen LogP contribution < -0.4 is 10.2 Å². The largest absolute Gasteiger partial charge is 0.448 e. The van der Waals surface area contributed by atoms with Crippen molar-refractivity contribution in [3.8, 4) is 0 Å². The van der Waals surface area contributed by atoms with Crippen molar-refractivity contribution < 1.29 is 9.21 Å². The average molecular weight is 393 g/mol. The minimum atomic E-state index is -0.133. The third-order valence-electron chi connectivity index (χ3n) is 4.83. The highest BCUT2D eigenvalue weighted by Gasteiger charge is 2.31. The zero-order valence-electron chi connectivity index (χ0n) is 13.9. The van der Waals surface area contributed by atoms with Crippen molar-refractivity contribution in [2.45, 2.75) is 6.92 Å². The second-order valence-corrected chi connectivity index (χ2v) is 7.56. The highest BCUT2D eigenvalue weighted by molar-refractivity contribution is 9.10. The first-order valence-corrected chi connectivity index (χ1v) is 8.99. The smallest absolute Gasteiger partial charge is 0.290 e. The fourth-order valence-corrected chi connectivity index (χ4v) is 4.03. The molecular formula is C17H21BrN4O2. The van der Waals surface area contributed by atoms with Crippen molar-refractivity contribution in [3.05, 3.63) is 27.9 Å². The molecule has 1 aromatic heterocycles. The van der Waals surface area contributed by atoms with Gasteiger partial charge in [0, 0.05) is 36.0 Å². The molecular weight excluding hydrogens is 372 g/mol. The molecule has 0 bridgehead atoms. The van der Waals surface area contributed by atoms with Crippen molar-refractivity contribution in [1.82, 2.24) is 15.1 Å². The van der Waals surface area contributed by atoms with Crippen LogP contribution in [-0.4, -0.2) is 62.3 Å². The molecule has 0 spiro atoms. The SMILES string of the molecule is Cc1cc(Br)cc2c3c(oc12)C(=O)NCN3CN1CCN(C)CC1. The first-order chi connectivity index (χ1) is 11.5. The molecule has 0 atom stereocenters. The lowest BCUT2D eigenvalue weighted by Gasteiger charge is -2.38. The van der Waals surface area contributed by atoms with E-state index in [1.807, 2.05) is 19.1 Å². The van der Waals surface area contributed by atoms with Gasteiger partial charge < -0.3 is 19.5 Å². The summed E-state index contributed by atoms with van der Waals surface area (Å²) in [5.41, 5.74) is 2.74. The van der Waals surface area contributed by atoms with Crippen LogP contribution in [0.2, 0.25) is 0 Å². The fraction of sp³-hybridized carbons (Fsp3) is 0.471. The number of piperazine rings is 1. The van der Waals surface area contributed by atoms with Gasteiger partial charge in [-0.25, -0.2) is 0 Å². The highest BCUT2D eigenvalue weighted by atomic mass is 79.9. The Kier molecular flexibility index (Phi) is 4.02. The monoisotopic (exact) mass is 392 g/mol. The molecule has 2 aliphatic heterocycles. The van der Waals surface area contributed by atoms with E-state index in [9.17, 15) is 4.79 Å². The standard InChI is InChI=1S/C17H21BrN4O2/c1-11-7-12(18)8-13-14-16(24-15(11)13)17(23)19-9-22(14)10-21-5-3-20(2)4-6-21/h7-8H,3-6,9-10H2,1-2H3,(H,19,23). The Labute approximate surface area is 149 Å². The molecule has 7 heteroatoms. The molecule has 0 aliphatic carbocycles. The summed E-state index contributed by atoms with van der Waals surface area (Å²) in [6.45, 7) is 7.53. The molecule has 0 unspecified atom stereocenters. The van der Waals surface area contributed by atoms with E-state index in [-0.39, 0.29) is 5.91 Å². The number of hydrogen-bond donors (Lipinski definition) is 1. The number of benzene rings is 1. The number of halogens is 1. The molecule has 3 heterocycles. The molecule has 24 heavy (non-hydrogen) atoms. The summed E-state index contributed by atoms with van der Waals surface area (Å²) in [5, 5.41) is 3.93. The summed E-state index contributed by atoms with van der Waals surface area (Å²) in [5.74, 6) is 0.290. The maximum atomic E-state index is 12.3. The van der Waals surface area contributed by atoms with Crippen LogP contribution in [0.3, 0.4) is 0 Å². The number of nitrogens with zero attached hydrogens (tertiary/aromatic N) is 3. The number of amides is 1.